The predicted octanol–water partition coefficient (Wildman–Crippen LogP) is 3.35. The van der Waals surface area contributed by atoms with Gasteiger partial charge < -0.3 is 0 Å². The molecule has 1 aromatic carbocycles. The maximum Gasteiger partial charge on any atom is 0.00189 e. The molecule has 0 aliphatic heterocycles. The molecule has 0 aliphatic carbocycles. The standard InChI is InChI=1S/C11H15/c1-4-9(2)11-8-6-5-7-10(11)3/h5-8H,4H2,1-3H3. The first-order chi connectivity index (χ1) is 5.25. The second-order valence-corrected chi connectivity index (χ2v) is 2.95. The van der Waals surface area contributed by atoms with Crippen LogP contribution in [0, 0.1) is 12.8 Å². The molecule has 59 valence electrons. The van der Waals surface area contributed by atoms with Gasteiger partial charge in [0.1, 0.15) is 0 Å². The Labute approximate surface area is 69.3 Å². The fraction of sp³-hybridized carbons (Fsp3) is 0.364. The highest BCUT2D eigenvalue weighted by Gasteiger charge is 2.04. The van der Waals surface area contributed by atoms with Crippen LogP contribution in [-0.2, 0) is 0 Å². The summed E-state index contributed by atoms with van der Waals surface area (Å²) in [4.78, 5) is 0. The van der Waals surface area contributed by atoms with Crippen molar-refractivity contribution >= 4 is 0 Å². The van der Waals surface area contributed by atoms with Crippen LogP contribution in [0.4, 0.5) is 0 Å². The first kappa shape index (κ1) is 8.32. The molecule has 0 saturated heterocycles. The zero-order valence-corrected chi connectivity index (χ0v) is 7.52. The highest BCUT2D eigenvalue weighted by Crippen LogP contribution is 2.20. The van der Waals surface area contributed by atoms with Gasteiger partial charge in [-0.1, -0.05) is 38.1 Å². The quantitative estimate of drug-likeness (QED) is 0.601. The SMILES string of the molecule is CC[C](C)c1ccccc1C. The lowest BCUT2D eigenvalue weighted by molar-refractivity contribution is 0.949. The molecule has 0 amide bonds. The van der Waals surface area contributed by atoms with Gasteiger partial charge in [0.2, 0.25) is 0 Å². The van der Waals surface area contributed by atoms with Crippen LogP contribution in [0.2, 0.25) is 0 Å². The third-order valence-electron chi connectivity index (χ3n) is 2.14. The number of hydrogen-bond donors (Lipinski definition) is 0. The van der Waals surface area contributed by atoms with Gasteiger partial charge in [0.25, 0.3) is 0 Å². The van der Waals surface area contributed by atoms with E-state index in [1.807, 2.05) is 0 Å². The maximum absolute atomic E-state index is 2.20. The summed E-state index contributed by atoms with van der Waals surface area (Å²) >= 11 is 0. The molecule has 0 heterocycles. The first-order valence-electron chi connectivity index (χ1n) is 4.14. The predicted molar refractivity (Wildman–Crippen MR) is 49.5 cm³/mol. The molecular formula is C11H15. The zero-order valence-electron chi connectivity index (χ0n) is 7.52. The molecule has 0 N–H and O–H groups in total. The van der Waals surface area contributed by atoms with Crippen molar-refractivity contribution in [3.8, 4) is 0 Å². The smallest absolute Gasteiger partial charge is 0.00189 e. The second kappa shape index (κ2) is 3.56. The molecule has 0 unspecified atom stereocenters. The second-order valence-electron chi connectivity index (χ2n) is 2.95. The summed E-state index contributed by atoms with van der Waals surface area (Å²) in [5.74, 6) is 1.48. The molecule has 0 aliphatic rings. The van der Waals surface area contributed by atoms with Gasteiger partial charge in [0, 0.05) is 5.92 Å². The van der Waals surface area contributed by atoms with Crippen LogP contribution < -0.4 is 0 Å². The minimum atomic E-state index is 1.14. The highest BCUT2D eigenvalue weighted by atomic mass is 14.1. The average Bonchev–Trinajstić information content (AvgIpc) is 2.04. The molecule has 0 aromatic heterocycles. The fourth-order valence-corrected chi connectivity index (χ4v) is 1.24. The van der Waals surface area contributed by atoms with Crippen molar-refractivity contribution in [3.63, 3.8) is 0 Å². The van der Waals surface area contributed by atoms with E-state index in [9.17, 15) is 0 Å². The topological polar surface area (TPSA) is 0 Å². The number of aryl methyl sites for hydroxylation is 1. The van der Waals surface area contributed by atoms with Crippen molar-refractivity contribution in [1.29, 1.82) is 0 Å². The minimum Gasteiger partial charge on any atom is -0.0645 e. The summed E-state index contributed by atoms with van der Waals surface area (Å²) in [6.07, 6.45) is 1.14. The molecule has 1 aromatic rings. The maximum atomic E-state index is 2.20. The van der Waals surface area contributed by atoms with E-state index in [2.05, 4.69) is 45.0 Å². The lowest BCUT2D eigenvalue weighted by Gasteiger charge is -2.10. The first-order valence-corrected chi connectivity index (χ1v) is 4.14. The number of benzene rings is 1. The van der Waals surface area contributed by atoms with E-state index in [1.165, 1.54) is 17.0 Å². The van der Waals surface area contributed by atoms with Crippen LogP contribution in [0.5, 0.6) is 0 Å². The Morgan fingerprint density at radius 3 is 2.45 bits per heavy atom. The minimum absolute atomic E-state index is 1.14. The Morgan fingerprint density at radius 1 is 1.27 bits per heavy atom. The van der Waals surface area contributed by atoms with E-state index in [1.54, 1.807) is 0 Å². The van der Waals surface area contributed by atoms with Gasteiger partial charge in [-0.25, -0.2) is 0 Å². The van der Waals surface area contributed by atoms with E-state index in [0.717, 1.165) is 6.42 Å². The molecule has 0 spiro atoms. The number of rotatable bonds is 2. The van der Waals surface area contributed by atoms with Crippen LogP contribution >= 0.6 is 0 Å². The average molecular weight is 147 g/mol. The molecule has 0 nitrogen and oxygen atoms in total. The molecular weight excluding hydrogens is 132 g/mol. The van der Waals surface area contributed by atoms with Crippen LogP contribution in [0.15, 0.2) is 24.3 Å². The zero-order chi connectivity index (χ0) is 8.27. The van der Waals surface area contributed by atoms with E-state index in [0.29, 0.717) is 0 Å². The Kier molecular flexibility index (Phi) is 2.70. The van der Waals surface area contributed by atoms with Crippen molar-refractivity contribution in [3.05, 3.63) is 41.3 Å². The highest BCUT2D eigenvalue weighted by molar-refractivity contribution is 5.36. The molecule has 0 heteroatoms. The molecule has 0 fully saturated rings. The Balaban J connectivity index is 2.93. The van der Waals surface area contributed by atoms with E-state index < -0.39 is 0 Å². The summed E-state index contributed by atoms with van der Waals surface area (Å²) in [7, 11) is 0. The van der Waals surface area contributed by atoms with Gasteiger partial charge in [-0.05, 0) is 24.5 Å². The lowest BCUT2D eigenvalue weighted by atomic mass is 9.95. The van der Waals surface area contributed by atoms with Crippen LogP contribution in [-0.4, -0.2) is 0 Å². The van der Waals surface area contributed by atoms with Crippen LogP contribution in [0.3, 0.4) is 0 Å². The summed E-state index contributed by atoms with van der Waals surface area (Å²) < 4.78 is 0. The van der Waals surface area contributed by atoms with Gasteiger partial charge in [-0.2, -0.15) is 0 Å². The number of hydrogen-bond acceptors (Lipinski definition) is 0. The molecule has 0 atom stereocenters. The molecule has 0 bridgehead atoms. The summed E-state index contributed by atoms with van der Waals surface area (Å²) in [5, 5.41) is 0. The van der Waals surface area contributed by atoms with Crippen molar-refractivity contribution in [2.75, 3.05) is 0 Å². The van der Waals surface area contributed by atoms with Crippen molar-refractivity contribution in [2.24, 2.45) is 0 Å². The normalized spacial score (nSPS) is 10.5. The summed E-state index contributed by atoms with van der Waals surface area (Å²) in [5.41, 5.74) is 2.79. The van der Waals surface area contributed by atoms with Gasteiger partial charge in [0.05, 0.1) is 0 Å². The van der Waals surface area contributed by atoms with Gasteiger partial charge in [-0.3, -0.25) is 0 Å². The Bertz CT molecular complexity index is 225. The van der Waals surface area contributed by atoms with Gasteiger partial charge >= 0.3 is 0 Å². The van der Waals surface area contributed by atoms with E-state index in [-0.39, 0.29) is 0 Å². The largest absolute Gasteiger partial charge is 0.0645 e. The third-order valence-corrected chi connectivity index (χ3v) is 2.14. The molecule has 11 heavy (non-hydrogen) atoms. The van der Waals surface area contributed by atoms with E-state index >= 15 is 0 Å². The van der Waals surface area contributed by atoms with E-state index in [4.69, 9.17) is 0 Å². The molecule has 1 radical (unpaired) electrons. The van der Waals surface area contributed by atoms with Gasteiger partial charge in [-0.15, -0.1) is 0 Å². The fourth-order valence-electron chi connectivity index (χ4n) is 1.24. The molecule has 1 rings (SSSR count). The molecule has 0 saturated carbocycles. The van der Waals surface area contributed by atoms with Crippen LogP contribution in [0.1, 0.15) is 31.4 Å². The lowest BCUT2D eigenvalue weighted by Crippen LogP contribution is -1.94. The van der Waals surface area contributed by atoms with Crippen molar-refractivity contribution < 1.29 is 0 Å². The van der Waals surface area contributed by atoms with Crippen LogP contribution in [0.25, 0.3) is 0 Å². The van der Waals surface area contributed by atoms with Gasteiger partial charge in [0.15, 0.2) is 0 Å². The van der Waals surface area contributed by atoms with Crippen molar-refractivity contribution in [2.45, 2.75) is 27.2 Å². The Hall–Kier alpha value is -0.780. The summed E-state index contributed by atoms with van der Waals surface area (Å²) in [6, 6.07) is 8.53. The Morgan fingerprint density at radius 2 is 1.91 bits per heavy atom. The summed E-state index contributed by atoms with van der Waals surface area (Å²) in [6.45, 7) is 6.55. The third kappa shape index (κ3) is 1.83. The van der Waals surface area contributed by atoms with Crippen molar-refractivity contribution in [1.82, 2.24) is 0 Å². The monoisotopic (exact) mass is 147 g/mol.